The Morgan fingerprint density at radius 2 is 2.10 bits per heavy atom. The van der Waals surface area contributed by atoms with Crippen molar-refractivity contribution < 1.29 is 9.18 Å². The Morgan fingerprint density at radius 3 is 2.76 bits per heavy atom. The van der Waals surface area contributed by atoms with Gasteiger partial charge < -0.3 is 4.90 Å². The van der Waals surface area contributed by atoms with Gasteiger partial charge in [0.25, 0.3) is 5.91 Å². The summed E-state index contributed by atoms with van der Waals surface area (Å²) in [6.45, 7) is 1.19. The van der Waals surface area contributed by atoms with Crippen molar-refractivity contribution in [3.8, 4) is 0 Å². The molecule has 2 heterocycles. The zero-order valence-corrected chi connectivity index (χ0v) is 12.0. The van der Waals surface area contributed by atoms with E-state index in [1.54, 1.807) is 17.2 Å². The van der Waals surface area contributed by atoms with Gasteiger partial charge in [-0.05, 0) is 25.0 Å². The summed E-state index contributed by atoms with van der Waals surface area (Å²) in [5.74, 6) is -0.795. The maximum absolute atomic E-state index is 13.4. The highest BCUT2D eigenvalue weighted by molar-refractivity contribution is 6.34. The number of amides is 1. The van der Waals surface area contributed by atoms with Gasteiger partial charge in [0.05, 0.1) is 22.8 Å². The molecule has 2 aromatic rings. The van der Waals surface area contributed by atoms with E-state index < -0.39 is 5.82 Å². The van der Waals surface area contributed by atoms with Gasteiger partial charge in [-0.1, -0.05) is 22.9 Å². The summed E-state index contributed by atoms with van der Waals surface area (Å²) in [4.78, 5) is 14.1. The largest absolute Gasteiger partial charge is 0.338 e. The standard InChI is InChI=1S/C14H14ClFN4O/c15-13-11(2-1-3-12(13)16)14(21)19-7-4-10(5-8-19)20-9-6-17-18-20/h1-3,6,9-10H,4-5,7-8H2. The first-order valence-corrected chi connectivity index (χ1v) is 7.13. The fourth-order valence-electron chi connectivity index (χ4n) is 2.58. The number of piperidine rings is 1. The number of hydrogen-bond donors (Lipinski definition) is 0. The Bertz CT molecular complexity index is 638. The number of nitrogens with zero attached hydrogens (tertiary/aromatic N) is 4. The first-order chi connectivity index (χ1) is 10.2. The molecule has 5 nitrogen and oxygen atoms in total. The van der Waals surface area contributed by atoms with E-state index >= 15 is 0 Å². The average Bonchev–Trinajstić information content (AvgIpc) is 3.04. The number of rotatable bonds is 2. The van der Waals surface area contributed by atoms with E-state index in [1.807, 2.05) is 10.9 Å². The lowest BCUT2D eigenvalue weighted by Crippen LogP contribution is -2.39. The molecule has 1 fully saturated rings. The van der Waals surface area contributed by atoms with Crippen molar-refractivity contribution >= 4 is 17.5 Å². The minimum Gasteiger partial charge on any atom is -0.338 e. The van der Waals surface area contributed by atoms with E-state index in [0.717, 1.165) is 12.8 Å². The molecule has 0 aliphatic carbocycles. The van der Waals surface area contributed by atoms with Crippen LogP contribution in [0.4, 0.5) is 4.39 Å². The molecule has 0 N–H and O–H groups in total. The number of aromatic nitrogens is 3. The summed E-state index contributed by atoms with van der Waals surface area (Å²) < 4.78 is 15.2. The van der Waals surface area contributed by atoms with Gasteiger partial charge in [-0.2, -0.15) is 0 Å². The van der Waals surface area contributed by atoms with Crippen LogP contribution in [0.2, 0.25) is 5.02 Å². The maximum atomic E-state index is 13.4. The number of benzene rings is 1. The van der Waals surface area contributed by atoms with Crippen molar-refractivity contribution in [1.29, 1.82) is 0 Å². The van der Waals surface area contributed by atoms with E-state index in [9.17, 15) is 9.18 Å². The van der Waals surface area contributed by atoms with Crippen LogP contribution in [0.3, 0.4) is 0 Å². The minimum absolute atomic E-state index is 0.110. The Hall–Kier alpha value is -1.95. The van der Waals surface area contributed by atoms with Crippen molar-refractivity contribution in [1.82, 2.24) is 19.9 Å². The van der Waals surface area contributed by atoms with Gasteiger partial charge in [0, 0.05) is 19.3 Å². The van der Waals surface area contributed by atoms with Gasteiger partial charge >= 0.3 is 0 Å². The van der Waals surface area contributed by atoms with E-state index in [-0.39, 0.29) is 22.5 Å². The van der Waals surface area contributed by atoms with Gasteiger partial charge in [0.15, 0.2) is 0 Å². The van der Waals surface area contributed by atoms with Crippen LogP contribution >= 0.6 is 11.6 Å². The smallest absolute Gasteiger partial charge is 0.255 e. The molecule has 1 aromatic carbocycles. The second-order valence-electron chi connectivity index (χ2n) is 5.01. The number of likely N-dealkylation sites (tertiary alicyclic amines) is 1. The third kappa shape index (κ3) is 2.76. The lowest BCUT2D eigenvalue weighted by Gasteiger charge is -2.32. The molecule has 21 heavy (non-hydrogen) atoms. The zero-order chi connectivity index (χ0) is 14.8. The molecule has 3 rings (SSSR count). The van der Waals surface area contributed by atoms with Crippen LogP contribution < -0.4 is 0 Å². The SMILES string of the molecule is O=C(c1cccc(F)c1Cl)N1CCC(n2ccnn2)CC1. The molecule has 0 bridgehead atoms. The molecule has 1 saturated heterocycles. The molecule has 1 aliphatic rings. The summed E-state index contributed by atoms with van der Waals surface area (Å²) in [6.07, 6.45) is 5.06. The Balaban J connectivity index is 1.69. The van der Waals surface area contributed by atoms with Gasteiger partial charge in [-0.15, -0.1) is 5.10 Å². The van der Waals surface area contributed by atoms with Crippen LogP contribution in [-0.4, -0.2) is 38.9 Å². The fraction of sp³-hybridized carbons (Fsp3) is 0.357. The Labute approximate surface area is 126 Å². The molecule has 1 aromatic heterocycles. The summed E-state index contributed by atoms with van der Waals surface area (Å²) in [6, 6.07) is 4.55. The van der Waals surface area contributed by atoms with Crippen molar-refractivity contribution in [3.63, 3.8) is 0 Å². The third-order valence-corrected chi connectivity index (χ3v) is 4.13. The lowest BCUT2D eigenvalue weighted by atomic mass is 10.0. The summed E-state index contributed by atoms with van der Waals surface area (Å²) >= 11 is 5.87. The van der Waals surface area contributed by atoms with E-state index in [2.05, 4.69) is 10.3 Å². The topological polar surface area (TPSA) is 51.0 Å². The molecular weight excluding hydrogens is 295 g/mol. The molecular formula is C14H14ClFN4O. The third-order valence-electron chi connectivity index (χ3n) is 3.75. The van der Waals surface area contributed by atoms with Crippen LogP contribution in [0.25, 0.3) is 0 Å². The lowest BCUT2D eigenvalue weighted by molar-refractivity contribution is 0.0689. The minimum atomic E-state index is -0.569. The van der Waals surface area contributed by atoms with Gasteiger partial charge in [-0.3, -0.25) is 4.79 Å². The number of carbonyl (C=O) groups is 1. The van der Waals surface area contributed by atoms with E-state index in [1.165, 1.54) is 12.1 Å². The molecule has 110 valence electrons. The van der Waals surface area contributed by atoms with Crippen LogP contribution in [0.15, 0.2) is 30.6 Å². The monoisotopic (exact) mass is 308 g/mol. The van der Waals surface area contributed by atoms with Crippen molar-refractivity contribution in [3.05, 3.63) is 47.0 Å². The predicted molar refractivity (Wildman–Crippen MR) is 75.6 cm³/mol. The molecule has 0 saturated carbocycles. The number of hydrogen-bond acceptors (Lipinski definition) is 3. The highest BCUT2D eigenvalue weighted by Crippen LogP contribution is 2.25. The van der Waals surface area contributed by atoms with E-state index in [0.29, 0.717) is 13.1 Å². The van der Waals surface area contributed by atoms with Crippen LogP contribution in [0.5, 0.6) is 0 Å². The van der Waals surface area contributed by atoms with Crippen molar-refractivity contribution in [2.75, 3.05) is 13.1 Å². The molecule has 7 heteroatoms. The second kappa shape index (κ2) is 5.81. The van der Waals surface area contributed by atoms with Gasteiger partial charge in [-0.25, -0.2) is 9.07 Å². The first kappa shape index (κ1) is 14.0. The van der Waals surface area contributed by atoms with Gasteiger partial charge in [0.2, 0.25) is 0 Å². The van der Waals surface area contributed by atoms with Crippen LogP contribution in [0, 0.1) is 5.82 Å². The predicted octanol–water partition coefficient (Wildman–Crippen LogP) is 2.55. The van der Waals surface area contributed by atoms with Gasteiger partial charge in [0.1, 0.15) is 5.82 Å². The van der Waals surface area contributed by atoms with Crippen LogP contribution in [0.1, 0.15) is 29.2 Å². The maximum Gasteiger partial charge on any atom is 0.255 e. The molecule has 0 radical (unpaired) electrons. The highest BCUT2D eigenvalue weighted by Gasteiger charge is 2.26. The second-order valence-corrected chi connectivity index (χ2v) is 5.39. The van der Waals surface area contributed by atoms with Crippen LogP contribution in [-0.2, 0) is 0 Å². The number of halogens is 2. The highest BCUT2D eigenvalue weighted by atomic mass is 35.5. The van der Waals surface area contributed by atoms with Crippen molar-refractivity contribution in [2.45, 2.75) is 18.9 Å². The summed E-state index contributed by atoms with van der Waals surface area (Å²) in [5.41, 5.74) is 0.218. The first-order valence-electron chi connectivity index (χ1n) is 6.76. The van der Waals surface area contributed by atoms with Crippen molar-refractivity contribution in [2.24, 2.45) is 0 Å². The normalized spacial score (nSPS) is 16.2. The molecule has 1 amide bonds. The molecule has 1 aliphatic heterocycles. The fourth-order valence-corrected chi connectivity index (χ4v) is 2.79. The number of carbonyl (C=O) groups excluding carboxylic acids is 1. The summed E-state index contributed by atoms with van der Waals surface area (Å²) in [5, 5.41) is 7.67. The molecule has 0 atom stereocenters. The Morgan fingerprint density at radius 1 is 1.33 bits per heavy atom. The summed E-state index contributed by atoms with van der Waals surface area (Å²) in [7, 11) is 0. The quantitative estimate of drug-likeness (QED) is 0.856. The molecule has 0 spiro atoms. The Kier molecular flexibility index (Phi) is 3.88. The molecule has 0 unspecified atom stereocenters. The van der Waals surface area contributed by atoms with E-state index in [4.69, 9.17) is 11.6 Å². The average molecular weight is 309 g/mol. The zero-order valence-electron chi connectivity index (χ0n) is 11.2.